The summed E-state index contributed by atoms with van der Waals surface area (Å²) in [7, 11) is 0. The van der Waals surface area contributed by atoms with Crippen molar-refractivity contribution in [3.63, 3.8) is 0 Å². The number of pyridine rings is 2. The van der Waals surface area contributed by atoms with Crippen molar-refractivity contribution in [1.82, 2.24) is 15.3 Å². The number of anilines is 2. The lowest BCUT2D eigenvalue weighted by atomic mass is 9.91. The van der Waals surface area contributed by atoms with E-state index >= 15 is 0 Å². The highest BCUT2D eigenvalue weighted by atomic mass is 32.1. The fourth-order valence-electron chi connectivity index (χ4n) is 4.86. The number of hydrogen-bond donors (Lipinski definition) is 3. The summed E-state index contributed by atoms with van der Waals surface area (Å²) in [6.45, 7) is 0.131. The molecule has 35 heavy (non-hydrogen) atoms. The second-order valence-corrected chi connectivity index (χ2v) is 10.3. The maximum atomic E-state index is 13.0. The van der Waals surface area contributed by atoms with Crippen LogP contribution in [0.25, 0.3) is 10.2 Å². The number of aryl methyl sites for hydroxylation is 2. The van der Waals surface area contributed by atoms with Crippen molar-refractivity contribution in [2.75, 3.05) is 30.3 Å². The summed E-state index contributed by atoms with van der Waals surface area (Å²) < 4.78 is 29.3. The van der Waals surface area contributed by atoms with Gasteiger partial charge in [-0.3, -0.25) is 4.79 Å². The smallest absolute Gasteiger partial charge is 0.345 e. The Morgan fingerprint density at radius 2 is 2.11 bits per heavy atom. The second-order valence-electron chi connectivity index (χ2n) is 9.26. The van der Waals surface area contributed by atoms with Crippen molar-refractivity contribution in [2.24, 2.45) is 11.7 Å². The zero-order valence-electron chi connectivity index (χ0n) is 19.3. The van der Waals surface area contributed by atoms with Crippen molar-refractivity contribution in [3.05, 3.63) is 46.1 Å². The number of rotatable bonds is 6. The number of halogens is 2. The van der Waals surface area contributed by atoms with E-state index in [1.165, 1.54) is 11.3 Å². The molecule has 1 fully saturated rings. The number of amides is 1. The first kappa shape index (κ1) is 23.8. The molecule has 1 aliphatic heterocycles. The topological polar surface area (TPSA) is 119 Å². The van der Waals surface area contributed by atoms with E-state index < -0.39 is 6.61 Å². The maximum absolute atomic E-state index is 13.0. The van der Waals surface area contributed by atoms with Gasteiger partial charge >= 0.3 is 6.61 Å². The minimum absolute atomic E-state index is 0.0157. The van der Waals surface area contributed by atoms with Gasteiger partial charge in [-0.05, 0) is 49.9 Å². The minimum atomic E-state index is -2.79. The van der Waals surface area contributed by atoms with Crippen LogP contribution in [0.3, 0.4) is 0 Å². The molecule has 3 atom stereocenters. The molecular formula is C24H28F2N6O2S. The highest BCUT2D eigenvalue weighted by molar-refractivity contribution is 7.21. The largest absolute Gasteiger partial charge is 0.397 e. The first-order valence-electron chi connectivity index (χ1n) is 11.6. The summed E-state index contributed by atoms with van der Waals surface area (Å²) >= 11 is 1.31. The zero-order chi connectivity index (χ0) is 24.7. The molecule has 1 aliphatic carbocycles. The van der Waals surface area contributed by atoms with Crippen LogP contribution in [0.4, 0.5) is 20.3 Å². The van der Waals surface area contributed by atoms with Gasteiger partial charge in [0.2, 0.25) is 0 Å². The number of nitrogens with two attached hydrogens (primary N) is 2. The Labute approximate surface area is 205 Å². The molecule has 0 spiro atoms. The van der Waals surface area contributed by atoms with E-state index in [9.17, 15) is 13.6 Å². The maximum Gasteiger partial charge on any atom is 0.345 e. The number of nitrogen functional groups attached to an aromatic ring is 1. The van der Waals surface area contributed by atoms with Crippen LogP contribution in [-0.4, -0.2) is 54.3 Å². The normalized spacial score (nSPS) is 22.1. The summed E-state index contributed by atoms with van der Waals surface area (Å²) in [5.74, 6) is 0.452. The Morgan fingerprint density at radius 1 is 1.29 bits per heavy atom. The molecule has 0 radical (unpaired) electrons. The standard InChI is InChI=1S/C24H28F2N6O2S/c1-12-2-5-16-20(28)21(35-23(16)29-12)22(33)30-15-4-6-18-13(8-15)3-7-19(31-18)32-9-14(17(27)10-32)11-34-24(25)26/h2-3,5,7,14-15,17,24H,4,6,8-11,27-28H2,1H3,(H,30,33)/t14-,15+,17-/m1/s1. The Balaban J connectivity index is 1.23. The average molecular weight is 503 g/mol. The first-order chi connectivity index (χ1) is 16.8. The molecule has 0 bridgehead atoms. The number of hydrogen-bond acceptors (Lipinski definition) is 8. The molecule has 4 heterocycles. The number of alkyl halides is 2. The van der Waals surface area contributed by atoms with Gasteiger partial charge in [-0.2, -0.15) is 8.78 Å². The quantitative estimate of drug-likeness (QED) is 0.474. The molecule has 5 N–H and O–H groups in total. The number of aromatic nitrogens is 2. The van der Waals surface area contributed by atoms with Crippen molar-refractivity contribution >= 4 is 39.0 Å². The predicted molar refractivity (Wildman–Crippen MR) is 132 cm³/mol. The molecule has 0 unspecified atom stereocenters. The Morgan fingerprint density at radius 3 is 2.91 bits per heavy atom. The summed E-state index contributed by atoms with van der Waals surface area (Å²) in [5.41, 5.74) is 15.8. The number of nitrogens with zero attached hydrogens (tertiary/aromatic N) is 3. The van der Waals surface area contributed by atoms with E-state index in [4.69, 9.17) is 16.5 Å². The van der Waals surface area contributed by atoms with E-state index in [0.717, 1.165) is 45.8 Å². The number of ether oxygens (including phenoxy) is 1. The van der Waals surface area contributed by atoms with Crippen LogP contribution < -0.4 is 21.7 Å². The van der Waals surface area contributed by atoms with Gasteiger partial charge in [0.25, 0.3) is 5.91 Å². The molecule has 186 valence electrons. The number of fused-ring (bicyclic) bond motifs is 2. The molecule has 8 nitrogen and oxygen atoms in total. The van der Waals surface area contributed by atoms with Crippen molar-refractivity contribution in [3.8, 4) is 0 Å². The van der Waals surface area contributed by atoms with Gasteiger partial charge in [0, 0.05) is 47.9 Å². The van der Waals surface area contributed by atoms with Crippen LogP contribution in [-0.2, 0) is 17.6 Å². The van der Waals surface area contributed by atoms with Crippen LogP contribution >= 0.6 is 11.3 Å². The molecule has 0 aromatic carbocycles. The summed E-state index contributed by atoms with van der Waals surface area (Å²) in [5, 5.41) is 3.94. The molecule has 1 amide bonds. The fraction of sp³-hybridized carbons (Fsp3) is 0.458. The molecule has 0 saturated carbocycles. The molecule has 5 rings (SSSR count). The number of carbonyl (C=O) groups excluding carboxylic acids is 1. The van der Waals surface area contributed by atoms with E-state index in [0.29, 0.717) is 30.1 Å². The van der Waals surface area contributed by atoms with Gasteiger partial charge in [-0.1, -0.05) is 6.07 Å². The second kappa shape index (κ2) is 9.63. The van der Waals surface area contributed by atoms with Gasteiger partial charge in [-0.15, -0.1) is 11.3 Å². The third-order valence-corrected chi connectivity index (χ3v) is 7.89. The highest BCUT2D eigenvalue weighted by Gasteiger charge is 2.32. The summed E-state index contributed by atoms with van der Waals surface area (Å²) in [6.07, 6.45) is 2.18. The van der Waals surface area contributed by atoms with Crippen LogP contribution in [0, 0.1) is 12.8 Å². The molecule has 3 aromatic heterocycles. The third kappa shape index (κ3) is 4.93. The lowest BCUT2D eigenvalue weighted by molar-refractivity contribution is -0.137. The highest BCUT2D eigenvalue weighted by Crippen LogP contribution is 2.33. The van der Waals surface area contributed by atoms with Gasteiger partial charge in [0.15, 0.2) is 0 Å². The van der Waals surface area contributed by atoms with Crippen LogP contribution in [0.15, 0.2) is 24.3 Å². The van der Waals surface area contributed by atoms with Crippen LogP contribution in [0.1, 0.15) is 33.0 Å². The fourth-order valence-corrected chi connectivity index (χ4v) is 5.91. The molecule has 2 aliphatic rings. The number of thiophene rings is 1. The number of carbonyl (C=O) groups is 1. The van der Waals surface area contributed by atoms with E-state index in [-0.39, 0.29) is 30.5 Å². The third-order valence-electron chi connectivity index (χ3n) is 6.78. The average Bonchev–Trinajstić information content (AvgIpc) is 3.36. The van der Waals surface area contributed by atoms with Crippen molar-refractivity contribution < 1.29 is 18.3 Å². The monoisotopic (exact) mass is 502 g/mol. The van der Waals surface area contributed by atoms with Crippen molar-refractivity contribution in [1.29, 1.82) is 0 Å². The Hall–Kier alpha value is -2.89. The molecule has 11 heteroatoms. The van der Waals surface area contributed by atoms with E-state index in [1.807, 2.05) is 36.1 Å². The Kier molecular flexibility index (Phi) is 6.56. The zero-order valence-corrected chi connectivity index (χ0v) is 20.2. The first-order valence-corrected chi connectivity index (χ1v) is 12.5. The summed E-state index contributed by atoms with van der Waals surface area (Å²) in [6, 6.07) is 7.50. The van der Waals surface area contributed by atoms with E-state index in [2.05, 4.69) is 15.0 Å². The van der Waals surface area contributed by atoms with Gasteiger partial charge in [0.1, 0.15) is 15.5 Å². The minimum Gasteiger partial charge on any atom is -0.397 e. The Bertz CT molecular complexity index is 1250. The lowest BCUT2D eigenvalue weighted by Gasteiger charge is -2.26. The van der Waals surface area contributed by atoms with Crippen molar-refractivity contribution in [2.45, 2.75) is 44.9 Å². The predicted octanol–water partition coefficient (Wildman–Crippen LogP) is 2.87. The summed E-state index contributed by atoms with van der Waals surface area (Å²) in [4.78, 5) is 25.6. The lowest BCUT2D eigenvalue weighted by Crippen LogP contribution is -2.39. The van der Waals surface area contributed by atoms with Crippen LogP contribution in [0.5, 0.6) is 0 Å². The number of nitrogens with one attached hydrogen (secondary N) is 1. The molecular weight excluding hydrogens is 474 g/mol. The van der Waals surface area contributed by atoms with Gasteiger partial charge in [-0.25, -0.2) is 9.97 Å². The van der Waals surface area contributed by atoms with Crippen LogP contribution in [0.2, 0.25) is 0 Å². The van der Waals surface area contributed by atoms with E-state index in [1.54, 1.807) is 0 Å². The van der Waals surface area contributed by atoms with Gasteiger partial charge in [0.05, 0.1) is 12.3 Å². The molecule has 3 aromatic rings. The molecule has 1 saturated heterocycles. The van der Waals surface area contributed by atoms with Gasteiger partial charge < -0.3 is 26.4 Å². The SMILES string of the molecule is Cc1ccc2c(N)c(C(=O)N[C@H]3CCc4nc(N5C[C@H](COC(F)F)[C@H](N)C5)ccc4C3)sc2n1.